The lowest BCUT2D eigenvalue weighted by molar-refractivity contribution is 0.0784. The Labute approximate surface area is 161 Å². The number of hydrogen-bond acceptors (Lipinski definition) is 3. The third-order valence-electron chi connectivity index (χ3n) is 4.27. The molecule has 5 nitrogen and oxygen atoms in total. The first-order valence-electron chi connectivity index (χ1n) is 9.20. The van der Waals surface area contributed by atoms with Crippen LogP contribution in [-0.4, -0.2) is 37.4 Å². The van der Waals surface area contributed by atoms with Gasteiger partial charge < -0.3 is 15.0 Å². The summed E-state index contributed by atoms with van der Waals surface area (Å²) in [6.45, 7) is 5.47. The minimum absolute atomic E-state index is 0.0564. The molecule has 0 atom stereocenters. The fourth-order valence-corrected chi connectivity index (χ4v) is 2.58. The van der Waals surface area contributed by atoms with Crippen LogP contribution in [0, 0.1) is 5.92 Å². The number of nitrogens with one attached hydrogen (secondary N) is 1. The lowest BCUT2D eigenvalue weighted by Gasteiger charge is -2.18. The molecule has 0 radical (unpaired) electrons. The molecule has 144 valence electrons. The van der Waals surface area contributed by atoms with Crippen molar-refractivity contribution in [1.82, 2.24) is 10.2 Å². The van der Waals surface area contributed by atoms with Gasteiger partial charge in [0.2, 0.25) is 0 Å². The zero-order chi connectivity index (χ0) is 19.8. The molecule has 0 heterocycles. The Morgan fingerprint density at radius 2 is 1.59 bits per heavy atom. The number of rotatable bonds is 8. The molecule has 0 aromatic heterocycles. The van der Waals surface area contributed by atoms with Crippen LogP contribution in [-0.2, 0) is 6.54 Å². The number of carbonyl (C=O) groups excluding carboxylic acids is 2. The van der Waals surface area contributed by atoms with Crippen molar-refractivity contribution in [3.63, 3.8) is 0 Å². The van der Waals surface area contributed by atoms with E-state index in [0.29, 0.717) is 30.2 Å². The molecule has 27 heavy (non-hydrogen) atoms. The van der Waals surface area contributed by atoms with E-state index in [4.69, 9.17) is 4.74 Å². The van der Waals surface area contributed by atoms with Crippen LogP contribution in [0.5, 0.6) is 5.75 Å². The van der Waals surface area contributed by atoms with E-state index in [-0.39, 0.29) is 11.8 Å². The van der Waals surface area contributed by atoms with E-state index in [9.17, 15) is 9.59 Å². The minimum Gasteiger partial charge on any atom is -0.494 e. The van der Waals surface area contributed by atoms with Crippen molar-refractivity contribution in [1.29, 1.82) is 0 Å². The Bertz CT molecular complexity index is 752. The molecule has 0 unspecified atom stereocenters. The van der Waals surface area contributed by atoms with Gasteiger partial charge in [0.15, 0.2) is 0 Å². The van der Waals surface area contributed by atoms with Gasteiger partial charge in [0, 0.05) is 31.8 Å². The standard InChI is InChI=1S/C22H28N2O3/c1-16(2)13-14-27-20-11-9-19(10-12-20)22(26)24(4)15-17-5-7-18(8-6-17)21(25)23-3/h5-12,16H,13-15H2,1-4H3,(H,23,25). The fraction of sp³-hybridized carbons (Fsp3) is 0.364. The summed E-state index contributed by atoms with van der Waals surface area (Å²) in [5.74, 6) is 1.20. The first-order valence-corrected chi connectivity index (χ1v) is 9.20. The van der Waals surface area contributed by atoms with Crippen LogP contribution in [0.1, 0.15) is 46.5 Å². The number of hydrogen-bond donors (Lipinski definition) is 1. The van der Waals surface area contributed by atoms with E-state index in [0.717, 1.165) is 17.7 Å². The highest BCUT2D eigenvalue weighted by Gasteiger charge is 2.13. The molecular weight excluding hydrogens is 340 g/mol. The van der Waals surface area contributed by atoms with Crippen molar-refractivity contribution >= 4 is 11.8 Å². The highest BCUT2D eigenvalue weighted by atomic mass is 16.5. The van der Waals surface area contributed by atoms with E-state index >= 15 is 0 Å². The fourth-order valence-electron chi connectivity index (χ4n) is 2.58. The summed E-state index contributed by atoms with van der Waals surface area (Å²) >= 11 is 0. The Balaban J connectivity index is 1.93. The second-order valence-electron chi connectivity index (χ2n) is 6.99. The van der Waals surface area contributed by atoms with Crippen LogP contribution in [0.15, 0.2) is 48.5 Å². The van der Waals surface area contributed by atoms with Gasteiger partial charge in [0.05, 0.1) is 6.61 Å². The van der Waals surface area contributed by atoms with Crippen molar-refractivity contribution in [3.8, 4) is 5.75 Å². The van der Waals surface area contributed by atoms with Gasteiger partial charge in [-0.05, 0) is 54.3 Å². The Hall–Kier alpha value is -2.82. The lowest BCUT2D eigenvalue weighted by Crippen LogP contribution is -2.26. The molecule has 0 fully saturated rings. The summed E-state index contributed by atoms with van der Waals surface area (Å²) in [5, 5.41) is 2.59. The molecule has 1 N–H and O–H groups in total. The molecule has 2 aromatic rings. The zero-order valence-corrected chi connectivity index (χ0v) is 16.5. The van der Waals surface area contributed by atoms with Crippen LogP contribution in [0.4, 0.5) is 0 Å². The smallest absolute Gasteiger partial charge is 0.253 e. The molecule has 0 aliphatic rings. The minimum atomic E-state index is -0.123. The molecule has 0 bridgehead atoms. The second kappa shape index (κ2) is 9.76. The molecule has 0 saturated heterocycles. The van der Waals surface area contributed by atoms with E-state index in [1.807, 2.05) is 24.3 Å². The van der Waals surface area contributed by atoms with Crippen LogP contribution in [0.25, 0.3) is 0 Å². The van der Waals surface area contributed by atoms with Crippen molar-refractivity contribution in [3.05, 3.63) is 65.2 Å². The monoisotopic (exact) mass is 368 g/mol. The van der Waals surface area contributed by atoms with Crippen molar-refractivity contribution in [2.24, 2.45) is 5.92 Å². The van der Waals surface area contributed by atoms with Crippen LogP contribution in [0.3, 0.4) is 0 Å². The second-order valence-corrected chi connectivity index (χ2v) is 6.99. The van der Waals surface area contributed by atoms with E-state index in [2.05, 4.69) is 19.2 Å². The summed E-state index contributed by atoms with van der Waals surface area (Å²) in [6.07, 6.45) is 1.00. The normalized spacial score (nSPS) is 10.6. The van der Waals surface area contributed by atoms with Gasteiger partial charge in [0.1, 0.15) is 5.75 Å². The first-order chi connectivity index (χ1) is 12.9. The van der Waals surface area contributed by atoms with Gasteiger partial charge in [-0.25, -0.2) is 0 Å². The van der Waals surface area contributed by atoms with E-state index < -0.39 is 0 Å². The highest BCUT2D eigenvalue weighted by Crippen LogP contribution is 2.16. The highest BCUT2D eigenvalue weighted by molar-refractivity contribution is 5.94. The third kappa shape index (κ3) is 6.13. The van der Waals surface area contributed by atoms with Gasteiger partial charge in [-0.1, -0.05) is 26.0 Å². The quantitative estimate of drug-likeness (QED) is 0.772. The Morgan fingerprint density at radius 3 is 2.15 bits per heavy atom. The molecule has 0 saturated carbocycles. The van der Waals surface area contributed by atoms with Crippen LogP contribution >= 0.6 is 0 Å². The summed E-state index contributed by atoms with van der Waals surface area (Å²) in [4.78, 5) is 25.8. The summed E-state index contributed by atoms with van der Waals surface area (Å²) in [7, 11) is 3.37. The summed E-state index contributed by atoms with van der Waals surface area (Å²) < 4.78 is 5.69. The number of nitrogens with zero attached hydrogens (tertiary/aromatic N) is 1. The maximum atomic E-state index is 12.6. The van der Waals surface area contributed by atoms with Gasteiger partial charge in [-0.3, -0.25) is 9.59 Å². The average Bonchev–Trinajstić information content (AvgIpc) is 2.67. The van der Waals surface area contributed by atoms with Crippen LogP contribution < -0.4 is 10.1 Å². The topological polar surface area (TPSA) is 58.6 Å². The number of carbonyl (C=O) groups is 2. The maximum absolute atomic E-state index is 12.6. The van der Waals surface area contributed by atoms with Crippen molar-refractivity contribution < 1.29 is 14.3 Å². The lowest BCUT2D eigenvalue weighted by atomic mass is 10.1. The predicted octanol–water partition coefficient (Wildman–Crippen LogP) is 3.74. The largest absolute Gasteiger partial charge is 0.494 e. The number of benzene rings is 2. The summed E-state index contributed by atoms with van der Waals surface area (Å²) in [5.41, 5.74) is 2.19. The Kier molecular flexibility index (Phi) is 7.41. The number of amides is 2. The molecule has 2 aromatic carbocycles. The first kappa shape index (κ1) is 20.5. The molecule has 2 rings (SSSR count). The van der Waals surface area contributed by atoms with Gasteiger partial charge in [-0.15, -0.1) is 0 Å². The zero-order valence-electron chi connectivity index (χ0n) is 16.5. The molecule has 0 spiro atoms. The molecule has 2 amide bonds. The van der Waals surface area contributed by atoms with Gasteiger partial charge in [-0.2, -0.15) is 0 Å². The maximum Gasteiger partial charge on any atom is 0.253 e. The van der Waals surface area contributed by atoms with Crippen molar-refractivity contribution in [2.45, 2.75) is 26.8 Å². The SMILES string of the molecule is CNC(=O)c1ccc(CN(C)C(=O)c2ccc(OCCC(C)C)cc2)cc1. The molecular formula is C22H28N2O3. The Morgan fingerprint density at radius 1 is 1.00 bits per heavy atom. The van der Waals surface area contributed by atoms with Gasteiger partial charge in [0.25, 0.3) is 11.8 Å². The van der Waals surface area contributed by atoms with Crippen molar-refractivity contribution in [2.75, 3.05) is 20.7 Å². The third-order valence-corrected chi connectivity index (χ3v) is 4.27. The molecule has 0 aliphatic heterocycles. The van der Waals surface area contributed by atoms with E-state index in [1.54, 1.807) is 43.3 Å². The van der Waals surface area contributed by atoms with E-state index in [1.165, 1.54) is 0 Å². The van der Waals surface area contributed by atoms with Gasteiger partial charge >= 0.3 is 0 Å². The average molecular weight is 368 g/mol. The molecule has 0 aliphatic carbocycles. The van der Waals surface area contributed by atoms with Crippen LogP contribution in [0.2, 0.25) is 0 Å². The predicted molar refractivity (Wildman–Crippen MR) is 107 cm³/mol. The summed E-state index contributed by atoms with van der Waals surface area (Å²) in [6, 6.07) is 14.5. The number of ether oxygens (including phenoxy) is 1. The molecule has 5 heteroatoms.